The molecule has 4 aromatic rings. The van der Waals surface area contributed by atoms with E-state index >= 15 is 0 Å². The van der Waals surface area contributed by atoms with E-state index in [1.54, 1.807) is 24.3 Å². The molecule has 1 heterocycles. The minimum absolute atomic E-state index is 0.172. The molecule has 0 fully saturated rings. The Bertz CT molecular complexity index is 1160. The van der Waals surface area contributed by atoms with Crippen LogP contribution in [0.4, 0.5) is 5.69 Å². The fourth-order valence-corrected chi connectivity index (χ4v) is 3.14. The highest BCUT2D eigenvalue weighted by molar-refractivity contribution is 6.33. The molecule has 0 saturated heterocycles. The molecule has 0 unspecified atom stereocenters. The van der Waals surface area contributed by atoms with Crippen molar-refractivity contribution < 1.29 is 9.21 Å². The van der Waals surface area contributed by atoms with E-state index < -0.39 is 0 Å². The van der Waals surface area contributed by atoms with Gasteiger partial charge in [-0.3, -0.25) is 4.79 Å². The van der Waals surface area contributed by atoms with Crippen molar-refractivity contribution in [1.82, 2.24) is 4.98 Å². The molecule has 4 rings (SSSR count). The average Bonchev–Trinajstić information content (AvgIpc) is 3.06. The summed E-state index contributed by atoms with van der Waals surface area (Å²) in [5.74, 6) is 0.252. The maximum absolute atomic E-state index is 12.6. The second-order valence-electron chi connectivity index (χ2n) is 6.45. The molecule has 134 valence electrons. The van der Waals surface area contributed by atoms with Crippen molar-refractivity contribution in [2.75, 3.05) is 5.32 Å². The van der Waals surface area contributed by atoms with E-state index in [0.717, 1.165) is 16.6 Å². The van der Waals surface area contributed by atoms with E-state index in [1.807, 2.05) is 50.2 Å². The van der Waals surface area contributed by atoms with Crippen molar-refractivity contribution in [2.45, 2.75) is 13.8 Å². The van der Waals surface area contributed by atoms with E-state index in [0.29, 0.717) is 33.3 Å². The van der Waals surface area contributed by atoms with Gasteiger partial charge in [-0.05, 0) is 61.4 Å². The van der Waals surface area contributed by atoms with Gasteiger partial charge in [0.05, 0.1) is 10.6 Å². The lowest BCUT2D eigenvalue weighted by atomic mass is 10.1. The highest BCUT2D eigenvalue weighted by atomic mass is 35.5. The number of aromatic nitrogens is 1. The van der Waals surface area contributed by atoms with Crippen LogP contribution >= 0.6 is 11.6 Å². The summed E-state index contributed by atoms with van der Waals surface area (Å²) < 4.78 is 5.87. The predicted molar refractivity (Wildman–Crippen MR) is 108 cm³/mol. The monoisotopic (exact) mass is 376 g/mol. The van der Waals surface area contributed by atoms with Crippen molar-refractivity contribution in [3.8, 4) is 11.5 Å². The molecule has 0 saturated carbocycles. The fraction of sp³-hybridized carbons (Fsp3) is 0.0909. The molecular weight excluding hydrogens is 360 g/mol. The zero-order valence-corrected chi connectivity index (χ0v) is 15.7. The molecule has 4 nitrogen and oxygen atoms in total. The summed E-state index contributed by atoms with van der Waals surface area (Å²) in [6.07, 6.45) is 0. The van der Waals surface area contributed by atoms with Crippen LogP contribution in [0, 0.1) is 13.8 Å². The number of carbonyl (C=O) groups is 1. The summed E-state index contributed by atoms with van der Waals surface area (Å²) in [4.78, 5) is 17.1. The minimum atomic E-state index is -0.172. The molecule has 0 aliphatic rings. The Morgan fingerprint density at radius 3 is 2.67 bits per heavy atom. The van der Waals surface area contributed by atoms with Gasteiger partial charge in [0.25, 0.3) is 5.91 Å². The summed E-state index contributed by atoms with van der Waals surface area (Å²) in [6, 6.07) is 18.5. The van der Waals surface area contributed by atoms with Gasteiger partial charge in [0, 0.05) is 11.3 Å². The van der Waals surface area contributed by atoms with Crippen LogP contribution in [0.2, 0.25) is 5.02 Å². The van der Waals surface area contributed by atoms with Crippen molar-refractivity contribution in [1.29, 1.82) is 0 Å². The van der Waals surface area contributed by atoms with Crippen LogP contribution in [0.25, 0.3) is 22.6 Å². The first-order chi connectivity index (χ1) is 13.0. The van der Waals surface area contributed by atoms with Gasteiger partial charge in [-0.2, -0.15) is 0 Å². The lowest BCUT2D eigenvalue weighted by Crippen LogP contribution is -2.13. The summed E-state index contributed by atoms with van der Waals surface area (Å²) in [6.45, 7) is 3.90. The van der Waals surface area contributed by atoms with Crippen LogP contribution < -0.4 is 5.32 Å². The zero-order chi connectivity index (χ0) is 19.0. The third kappa shape index (κ3) is 3.44. The molecule has 0 aliphatic heterocycles. The molecule has 0 spiro atoms. The van der Waals surface area contributed by atoms with Gasteiger partial charge < -0.3 is 9.73 Å². The number of carbonyl (C=O) groups excluding carboxylic acids is 1. The van der Waals surface area contributed by atoms with Crippen LogP contribution in [0.15, 0.2) is 65.1 Å². The number of amides is 1. The first-order valence-electron chi connectivity index (χ1n) is 8.55. The van der Waals surface area contributed by atoms with Crippen molar-refractivity contribution >= 4 is 34.3 Å². The van der Waals surface area contributed by atoms with E-state index in [-0.39, 0.29) is 5.91 Å². The molecule has 0 bridgehead atoms. The maximum Gasteiger partial charge on any atom is 0.255 e. The van der Waals surface area contributed by atoms with E-state index in [2.05, 4.69) is 10.3 Å². The van der Waals surface area contributed by atoms with Crippen molar-refractivity contribution in [3.05, 3.63) is 82.4 Å². The van der Waals surface area contributed by atoms with Crippen LogP contribution in [-0.2, 0) is 0 Å². The summed E-state index contributed by atoms with van der Waals surface area (Å²) in [5, 5.41) is 3.42. The van der Waals surface area contributed by atoms with Crippen molar-refractivity contribution in [3.63, 3.8) is 0 Å². The van der Waals surface area contributed by atoms with Gasteiger partial charge >= 0.3 is 0 Å². The van der Waals surface area contributed by atoms with Crippen LogP contribution in [0.3, 0.4) is 0 Å². The number of nitrogens with one attached hydrogen (secondary N) is 1. The maximum atomic E-state index is 12.6. The van der Waals surface area contributed by atoms with Gasteiger partial charge in [0.15, 0.2) is 5.58 Å². The van der Waals surface area contributed by atoms with E-state index in [1.165, 1.54) is 0 Å². The standard InChI is InChI=1S/C22H17ClN2O2/c1-13-7-10-19-20(11-13)27-22(25-19)17-12-15(8-9-18(17)23)24-21(26)16-6-4-3-5-14(16)2/h3-12H,1-2H3,(H,24,26). The molecule has 1 aromatic heterocycles. The zero-order valence-electron chi connectivity index (χ0n) is 14.9. The van der Waals surface area contributed by atoms with E-state index in [9.17, 15) is 4.79 Å². The number of nitrogens with zero attached hydrogens (tertiary/aromatic N) is 1. The number of aryl methyl sites for hydroxylation is 2. The molecule has 5 heteroatoms. The molecule has 27 heavy (non-hydrogen) atoms. The number of anilines is 1. The molecule has 1 N–H and O–H groups in total. The van der Waals surface area contributed by atoms with Gasteiger partial charge in [0.2, 0.25) is 5.89 Å². The van der Waals surface area contributed by atoms with Gasteiger partial charge in [-0.15, -0.1) is 0 Å². The topological polar surface area (TPSA) is 55.1 Å². The van der Waals surface area contributed by atoms with Crippen LogP contribution in [-0.4, -0.2) is 10.9 Å². The first-order valence-corrected chi connectivity index (χ1v) is 8.93. The third-order valence-corrected chi connectivity index (χ3v) is 4.72. The minimum Gasteiger partial charge on any atom is -0.436 e. The quantitative estimate of drug-likeness (QED) is 0.475. The number of hydrogen-bond donors (Lipinski definition) is 1. The molecule has 0 atom stereocenters. The summed E-state index contributed by atoms with van der Waals surface area (Å²) in [7, 11) is 0. The number of benzene rings is 3. The lowest BCUT2D eigenvalue weighted by molar-refractivity contribution is 0.102. The smallest absolute Gasteiger partial charge is 0.255 e. The molecule has 0 aliphatic carbocycles. The van der Waals surface area contributed by atoms with Gasteiger partial charge in [-0.25, -0.2) is 4.98 Å². The number of oxazole rings is 1. The highest BCUT2D eigenvalue weighted by Crippen LogP contribution is 2.32. The Hall–Kier alpha value is -3.11. The summed E-state index contributed by atoms with van der Waals surface area (Å²) in [5.41, 5.74) is 5.37. The highest BCUT2D eigenvalue weighted by Gasteiger charge is 2.14. The third-order valence-electron chi connectivity index (χ3n) is 4.39. The van der Waals surface area contributed by atoms with Gasteiger partial charge in [0.1, 0.15) is 5.52 Å². The predicted octanol–water partition coefficient (Wildman–Crippen LogP) is 6.02. The number of rotatable bonds is 3. The number of halogens is 1. The molecule has 0 radical (unpaired) electrons. The Balaban J connectivity index is 1.68. The fourth-order valence-electron chi connectivity index (χ4n) is 2.94. The summed E-state index contributed by atoms with van der Waals surface area (Å²) >= 11 is 6.36. The Morgan fingerprint density at radius 1 is 1.04 bits per heavy atom. The Labute approximate surface area is 161 Å². The van der Waals surface area contributed by atoms with Crippen LogP contribution in [0.1, 0.15) is 21.5 Å². The SMILES string of the molecule is Cc1ccc2nc(-c3cc(NC(=O)c4ccccc4C)ccc3Cl)oc2c1. The Morgan fingerprint density at radius 2 is 1.85 bits per heavy atom. The number of hydrogen-bond acceptors (Lipinski definition) is 3. The van der Waals surface area contributed by atoms with Gasteiger partial charge in [-0.1, -0.05) is 35.9 Å². The largest absolute Gasteiger partial charge is 0.436 e. The second-order valence-corrected chi connectivity index (χ2v) is 6.86. The number of fused-ring (bicyclic) bond motifs is 1. The van der Waals surface area contributed by atoms with Crippen LogP contribution in [0.5, 0.6) is 0 Å². The lowest BCUT2D eigenvalue weighted by Gasteiger charge is -2.09. The molecule has 1 amide bonds. The molecule has 3 aromatic carbocycles. The second kappa shape index (κ2) is 6.89. The molecular formula is C22H17ClN2O2. The normalized spacial score (nSPS) is 10.9. The van der Waals surface area contributed by atoms with Crippen molar-refractivity contribution in [2.24, 2.45) is 0 Å². The first kappa shape index (κ1) is 17.3. The Kier molecular flexibility index (Phi) is 4.42. The van der Waals surface area contributed by atoms with E-state index in [4.69, 9.17) is 16.0 Å². The average molecular weight is 377 g/mol.